The molecular weight excluding hydrogens is 350 g/mol. The molecule has 0 saturated carbocycles. The Bertz CT molecular complexity index is 839. The van der Waals surface area contributed by atoms with Gasteiger partial charge >= 0.3 is 0 Å². The van der Waals surface area contributed by atoms with Crippen LogP contribution in [0.15, 0.2) is 48.5 Å². The van der Waals surface area contributed by atoms with Crippen LogP contribution in [-0.2, 0) is 11.2 Å². The zero-order chi connectivity index (χ0) is 18.1. The number of Topliss-reactive ketones (excluding diaryl/α,β-unsaturated/α-hetero) is 1. The fourth-order valence-corrected chi connectivity index (χ4v) is 3.90. The molecule has 1 saturated heterocycles. The maximum Gasteiger partial charge on any atom is 0.226 e. The number of halogens is 1. The Kier molecular flexibility index (Phi) is 4.45. The first-order valence-corrected chi connectivity index (χ1v) is 9.26. The molecule has 0 N–H and O–H groups in total. The molecule has 0 atom stereocenters. The van der Waals surface area contributed by atoms with Crippen LogP contribution in [0.25, 0.3) is 0 Å². The number of hydrogen-bond acceptors (Lipinski definition) is 3. The van der Waals surface area contributed by atoms with Crippen molar-refractivity contribution in [2.45, 2.75) is 31.3 Å². The van der Waals surface area contributed by atoms with E-state index < -0.39 is 5.60 Å². The molecule has 2 aliphatic rings. The number of para-hydroxylation sites is 1. The number of piperidine rings is 1. The number of rotatable bonds is 2. The molecule has 0 radical (unpaired) electrons. The zero-order valence-corrected chi connectivity index (χ0v) is 15.2. The molecule has 0 bridgehead atoms. The van der Waals surface area contributed by atoms with E-state index in [1.54, 1.807) is 12.1 Å². The van der Waals surface area contributed by atoms with Crippen molar-refractivity contribution in [3.63, 3.8) is 0 Å². The highest BCUT2D eigenvalue weighted by atomic mass is 35.5. The third kappa shape index (κ3) is 3.34. The minimum absolute atomic E-state index is 0.102. The van der Waals surface area contributed by atoms with Crippen molar-refractivity contribution in [3.8, 4) is 5.75 Å². The summed E-state index contributed by atoms with van der Waals surface area (Å²) in [6.45, 7) is 1.23. The minimum Gasteiger partial charge on any atom is -0.486 e. The number of nitrogens with zero attached hydrogens (tertiary/aromatic N) is 1. The second-order valence-electron chi connectivity index (χ2n) is 7.07. The molecule has 2 aliphatic heterocycles. The van der Waals surface area contributed by atoms with Crippen LogP contribution in [0.5, 0.6) is 5.75 Å². The van der Waals surface area contributed by atoms with Crippen molar-refractivity contribution < 1.29 is 14.3 Å². The largest absolute Gasteiger partial charge is 0.486 e. The summed E-state index contributed by atoms with van der Waals surface area (Å²) < 4.78 is 6.22. The molecule has 1 fully saturated rings. The van der Waals surface area contributed by atoms with Gasteiger partial charge in [0.25, 0.3) is 0 Å². The van der Waals surface area contributed by atoms with Crippen molar-refractivity contribution in [2.24, 2.45) is 0 Å². The normalized spacial score (nSPS) is 18.3. The summed E-state index contributed by atoms with van der Waals surface area (Å²) in [7, 11) is 0. The van der Waals surface area contributed by atoms with E-state index in [-0.39, 0.29) is 11.7 Å². The standard InChI is InChI=1S/C21H20ClNO3/c22-16-7-5-15(6-8-16)13-20(25)23-11-9-21(10-12-23)14-18(24)17-3-1-2-4-19(17)26-21/h1-8H,9-14H2. The summed E-state index contributed by atoms with van der Waals surface area (Å²) in [6.07, 6.45) is 2.12. The molecule has 5 heteroatoms. The van der Waals surface area contributed by atoms with Crippen LogP contribution in [0.4, 0.5) is 0 Å². The molecule has 0 unspecified atom stereocenters. The number of benzene rings is 2. The molecule has 134 valence electrons. The lowest BCUT2D eigenvalue weighted by Crippen LogP contribution is -2.52. The Morgan fingerprint density at radius 3 is 2.50 bits per heavy atom. The Morgan fingerprint density at radius 1 is 1.08 bits per heavy atom. The van der Waals surface area contributed by atoms with Gasteiger partial charge in [0.05, 0.1) is 18.4 Å². The number of hydrogen-bond donors (Lipinski definition) is 0. The van der Waals surface area contributed by atoms with Gasteiger partial charge in [0, 0.05) is 31.0 Å². The van der Waals surface area contributed by atoms with Crippen molar-refractivity contribution in [1.29, 1.82) is 0 Å². The average Bonchev–Trinajstić information content (AvgIpc) is 2.64. The Morgan fingerprint density at radius 2 is 1.77 bits per heavy atom. The van der Waals surface area contributed by atoms with E-state index >= 15 is 0 Å². The van der Waals surface area contributed by atoms with Crippen LogP contribution in [0.2, 0.25) is 5.02 Å². The van der Waals surface area contributed by atoms with Crippen LogP contribution >= 0.6 is 11.6 Å². The number of amides is 1. The first kappa shape index (κ1) is 17.1. The van der Waals surface area contributed by atoms with Gasteiger partial charge in [-0.3, -0.25) is 9.59 Å². The molecule has 26 heavy (non-hydrogen) atoms. The number of carbonyl (C=O) groups is 2. The number of ketones is 1. The summed E-state index contributed by atoms with van der Waals surface area (Å²) in [4.78, 5) is 26.9. The van der Waals surface area contributed by atoms with Gasteiger partial charge < -0.3 is 9.64 Å². The van der Waals surface area contributed by atoms with Gasteiger partial charge in [-0.15, -0.1) is 0 Å². The molecule has 4 nitrogen and oxygen atoms in total. The van der Waals surface area contributed by atoms with Gasteiger partial charge in [0.2, 0.25) is 5.91 Å². The van der Waals surface area contributed by atoms with Crippen LogP contribution < -0.4 is 4.74 Å². The Hall–Kier alpha value is -2.33. The highest BCUT2D eigenvalue weighted by Gasteiger charge is 2.43. The molecular formula is C21H20ClNO3. The molecule has 1 amide bonds. The predicted molar refractivity (Wildman–Crippen MR) is 99.7 cm³/mol. The van der Waals surface area contributed by atoms with Crippen molar-refractivity contribution in [3.05, 3.63) is 64.7 Å². The lowest BCUT2D eigenvalue weighted by Gasteiger charge is -2.44. The monoisotopic (exact) mass is 369 g/mol. The van der Waals surface area contributed by atoms with E-state index in [4.69, 9.17) is 16.3 Å². The average molecular weight is 370 g/mol. The third-order valence-electron chi connectivity index (χ3n) is 5.29. The van der Waals surface area contributed by atoms with Crippen molar-refractivity contribution >= 4 is 23.3 Å². The fraction of sp³-hybridized carbons (Fsp3) is 0.333. The highest BCUT2D eigenvalue weighted by molar-refractivity contribution is 6.30. The Balaban J connectivity index is 1.40. The molecule has 1 spiro atoms. The zero-order valence-electron chi connectivity index (χ0n) is 14.4. The van der Waals surface area contributed by atoms with Crippen molar-refractivity contribution in [1.82, 2.24) is 4.90 Å². The minimum atomic E-state index is -0.470. The summed E-state index contributed by atoms with van der Waals surface area (Å²) in [5.74, 6) is 0.905. The molecule has 2 heterocycles. The van der Waals surface area contributed by atoms with Crippen LogP contribution in [0, 0.1) is 0 Å². The maximum atomic E-state index is 12.6. The highest BCUT2D eigenvalue weighted by Crippen LogP contribution is 2.39. The van der Waals surface area contributed by atoms with Gasteiger partial charge in [-0.1, -0.05) is 35.9 Å². The molecule has 2 aromatic rings. The lowest BCUT2D eigenvalue weighted by molar-refractivity contribution is -0.134. The van der Waals surface area contributed by atoms with E-state index in [2.05, 4.69) is 0 Å². The van der Waals surface area contributed by atoms with E-state index in [0.717, 1.165) is 5.56 Å². The second-order valence-corrected chi connectivity index (χ2v) is 7.50. The van der Waals surface area contributed by atoms with E-state index in [1.165, 1.54) is 0 Å². The fourth-order valence-electron chi connectivity index (χ4n) is 3.77. The number of carbonyl (C=O) groups excluding carboxylic acids is 2. The molecule has 4 rings (SSSR count). The Labute approximate surface area is 157 Å². The van der Waals surface area contributed by atoms with Gasteiger partial charge in [0.15, 0.2) is 5.78 Å². The maximum absolute atomic E-state index is 12.6. The predicted octanol–water partition coefficient (Wildman–Crippen LogP) is 3.91. The van der Waals surface area contributed by atoms with Crippen molar-refractivity contribution in [2.75, 3.05) is 13.1 Å². The number of likely N-dealkylation sites (tertiary alicyclic amines) is 1. The van der Waals surface area contributed by atoms with E-state index in [0.29, 0.717) is 55.1 Å². The number of fused-ring (bicyclic) bond motifs is 1. The first-order valence-electron chi connectivity index (χ1n) is 8.88. The van der Waals surface area contributed by atoms with Gasteiger partial charge in [0.1, 0.15) is 11.4 Å². The topological polar surface area (TPSA) is 46.6 Å². The van der Waals surface area contributed by atoms with Crippen LogP contribution in [0.3, 0.4) is 0 Å². The summed E-state index contributed by atoms with van der Waals surface area (Å²) in [5.41, 5.74) is 1.15. The lowest BCUT2D eigenvalue weighted by atomic mass is 9.82. The molecule has 2 aromatic carbocycles. The van der Waals surface area contributed by atoms with Gasteiger partial charge in [-0.25, -0.2) is 0 Å². The first-order chi connectivity index (χ1) is 12.5. The molecule has 0 aliphatic carbocycles. The summed E-state index contributed by atoms with van der Waals surface area (Å²) in [5, 5.41) is 0.667. The smallest absolute Gasteiger partial charge is 0.226 e. The second kappa shape index (κ2) is 6.76. The summed E-state index contributed by atoms with van der Waals surface area (Å²) in [6, 6.07) is 14.8. The molecule has 0 aromatic heterocycles. The quantitative estimate of drug-likeness (QED) is 0.806. The van der Waals surface area contributed by atoms with Gasteiger partial charge in [-0.2, -0.15) is 0 Å². The SMILES string of the molecule is O=C1CC2(CCN(C(=O)Cc3ccc(Cl)cc3)CC2)Oc2ccccc21. The summed E-state index contributed by atoms with van der Waals surface area (Å²) >= 11 is 5.89. The van der Waals surface area contributed by atoms with E-state index in [1.807, 2.05) is 41.3 Å². The number of ether oxygens (including phenoxy) is 1. The van der Waals surface area contributed by atoms with Crippen LogP contribution in [0.1, 0.15) is 35.2 Å². The van der Waals surface area contributed by atoms with Gasteiger partial charge in [-0.05, 0) is 29.8 Å². The van der Waals surface area contributed by atoms with Crippen LogP contribution in [-0.4, -0.2) is 35.3 Å². The van der Waals surface area contributed by atoms with E-state index in [9.17, 15) is 9.59 Å². The third-order valence-corrected chi connectivity index (χ3v) is 5.54.